The summed E-state index contributed by atoms with van der Waals surface area (Å²) in [4.78, 5) is 26.6. The zero-order chi connectivity index (χ0) is 31.2. The van der Waals surface area contributed by atoms with Crippen molar-refractivity contribution in [1.29, 1.82) is 5.26 Å². The van der Waals surface area contributed by atoms with Gasteiger partial charge in [0.2, 0.25) is 0 Å². The molecule has 1 aromatic carbocycles. The highest BCUT2D eigenvalue weighted by Crippen LogP contribution is 2.39. The molecule has 3 atom stereocenters. The van der Waals surface area contributed by atoms with Gasteiger partial charge >= 0.3 is 18.1 Å². The summed E-state index contributed by atoms with van der Waals surface area (Å²) >= 11 is 6.84. The molecule has 2 aromatic heterocycles. The summed E-state index contributed by atoms with van der Waals surface area (Å²) < 4.78 is 46.2. The number of ether oxygens (including phenoxy) is 1. The zero-order valence-corrected chi connectivity index (χ0v) is 25.2. The lowest BCUT2D eigenvalue weighted by molar-refractivity contribution is -0.188. The maximum absolute atomic E-state index is 13.3. The molecular formula is C29H33ClF3N9O2. The number of aromatic nitrogens is 4. The van der Waals surface area contributed by atoms with Gasteiger partial charge in [-0.15, -0.1) is 0 Å². The molecule has 0 bridgehead atoms. The number of rotatable bonds is 6. The number of nitrogens with zero attached hydrogens (tertiary/aromatic N) is 7. The van der Waals surface area contributed by atoms with E-state index in [1.807, 2.05) is 24.0 Å². The minimum Gasteiger partial charge on any atom is -0.462 e. The molecule has 2 fully saturated rings. The number of anilines is 1. The Morgan fingerprint density at radius 1 is 1.25 bits per heavy atom. The summed E-state index contributed by atoms with van der Waals surface area (Å²) in [6.45, 7) is 3.64. The normalized spacial score (nSPS) is 22.7. The zero-order valence-electron chi connectivity index (χ0n) is 24.4. The third-order valence-corrected chi connectivity index (χ3v) is 9.41. The first-order valence-electron chi connectivity index (χ1n) is 14.6. The van der Waals surface area contributed by atoms with Crippen LogP contribution in [0.5, 0.6) is 6.01 Å². The van der Waals surface area contributed by atoms with Crippen molar-refractivity contribution < 1.29 is 22.7 Å². The van der Waals surface area contributed by atoms with E-state index in [4.69, 9.17) is 26.3 Å². The highest BCUT2D eigenvalue weighted by atomic mass is 35.5. The summed E-state index contributed by atoms with van der Waals surface area (Å²) in [7, 11) is 2.05. The van der Waals surface area contributed by atoms with E-state index in [0.29, 0.717) is 30.4 Å². The van der Waals surface area contributed by atoms with Crippen LogP contribution in [0.4, 0.5) is 19.0 Å². The van der Waals surface area contributed by atoms with Crippen molar-refractivity contribution in [3.63, 3.8) is 0 Å². The molecule has 234 valence electrons. The average molecular weight is 632 g/mol. The molecule has 5 heterocycles. The number of carbonyl (C=O) groups excluding carboxylic acids is 1. The van der Waals surface area contributed by atoms with Gasteiger partial charge in [0, 0.05) is 60.7 Å². The van der Waals surface area contributed by atoms with E-state index in [1.165, 1.54) is 0 Å². The van der Waals surface area contributed by atoms with Crippen LogP contribution in [-0.4, -0.2) is 94.0 Å². The van der Waals surface area contributed by atoms with E-state index >= 15 is 0 Å². The summed E-state index contributed by atoms with van der Waals surface area (Å²) in [6, 6.07) is 3.17. The number of aryl methyl sites for hydroxylation is 1. The van der Waals surface area contributed by atoms with Gasteiger partial charge in [0.1, 0.15) is 12.4 Å². The summed E-state index contributed by atoms with van der Waals surface area (Å²) in [5.74, 6) is -1.40. The molecule has 0 saturated carbocycles. The van der Waals surface area contributed by atoms with Crippen LogP contribution >= 0.6 is 11.6 Å². The number of fused-ring (bicyclic) bond motifs is 2. The fourth-order valence-electron chi connectivity index (χ4n) is 6.56. The fourth-order valence-corrected chi connectivity index (χ4v) is 6.84. The van der Waals surface area contributed by atoms with Gasteiger partial charge < -0.3 is 24.8 Å². The number of aromatic amines is 1. The Hall–Kier alpha value is -3.67. The van der Waals surface area contributed by atoms with E-state index in [0.717, 1.165) is 57.6 Å². The minimum absolute atomic E-state index is 0.0203. The third kappa shape index (κ3) is 5.76. The van der Waals surface area contributed by atoms with Crippen LogP contribution in [0.2, 0.25) is 5.02 Å². The van der Waals surface area contributed by atoms with Gasteiger partial charge in [-0.2, -0.15) is 33.5 Å². The molecule has 3 aliphatic rings. The lowest BCUT2D eigenvalue weighted by Gasteiger charge is -2.42. The summed E-state index contributed by atoms with van der Waals surface area (Å²) in [5, 5.41) is 21.7. The second kappa shape index (κ2) is 12.0. The number of hydrogen-bond donors (Lipinski definition) is 2. The first kappa shape index (κ1) is 30.4. The number of likely N-dealkylation sites (tertiary alicyclic amines) is 1. The Morgan fingerprint density at radius 3 is 2.80 bits per heavy atom. The molecular weight excluding hydrogens is 599 g/mol. The maximum atomic E-state index is 13.3. The number of hydrogen-bond acceptors (Lipinski definition) is 9. The topological polar surface area (TPSA) is 126 Å². The largest absolute Gasteiger partial charge is 0.471 e. The van der Waals surface area contributed by atoms with Crippen LogP contribution < -0.4 is 15.0 Å². The molecule has 1 amide bonds. The molecule has 0 aliphatic carbocycles. The molecule has 6 rings (SSSR count). The standard InChI is InChI=1S/C29H33ClF3N9O2/c1-16-10-22-19(13-36-39-22)24(25(16)30)23-11-21-20(12-35-23)26(38-28(37-21)44-15-18-4-3-7-40(18)2)41-8-9-42(17(14-41)5-6-34)27(43)29(31,32)33/h10,13,17-18,23,35H,3-5,7-9,11-12,14-15H2,1-2H3,(H,36,39)/t17-,18-,23?/m0/s1. The van der Waals surface area contributed by atoms with E-state index < -0.39 is 18.1 Å². The number of carbonyl (C=O) groups is 1. The Bertz CT molecular complexity index is 1610. The molecule has 44 heavy (non-hydrogen) atoms. The van der Waals surface area contributed by atoms with Crippen molar-refractivity contribution in [3.05, 3.63) is 39.7 Å². The second-order valence-electron chi connectivity index (χ2n) is 11.7. The van der Waals surface area contributed by atoms with Crippen molar-refractivity contribution >= 4 is 34.2 Å². The Labute approximate surface area is 257 Å². The molecule has 2 N–H and O–H groups in total. The summed E-state index contributed by atoms with van der Waals surface area (Å²) in [6.07, 6.45) is -0.970. The average Bonchev–Trinajstić information content (AvgIpc) is 3.63. The van der Waals surface area contributed by atoms with Crippen LogP contribution in [0.25, 0.3) is 10.9 Å². The van der Waals surface area contributed by atoms with E-state index in [-0.39, 0.29) is 44.1 Å². The highest BCUT2D eigenvalue weighted by molar-refractivity contribution is 6.33. The summed E-state index contributed by atoms with van der Waals surface area (Å²) in [5.41, 5.74) is 4.23. The maximum Gasteiger partial charge on any atom is 0.471 e. The van der Waals surface area contributed by atoms with Gasteiger partial charge in [0.25, 0.3) is 0 Å². The minimum atomic E-state index is -5.02. The second-order valence-corrected chi connectivity index (χ2v) is 12.1. The molecule has 3 aliphatic heterocycles. The number of nitriles is 1. The van der Waals surface area contributed by atoms with E-state index in [9.17, 15) is 23.2 Å². The molecule has 0 radical (unpaired) electrons. The smallest absolute Gasteiger partial charge is 0.462 e. The van der Waals surface area contributed by atoms with Crippen LogP contribution in [0.15, 0.2) is 12.3 Å². The number of halogens is 4. The van der Waals surface area contributed by atoms with Gasteiger partial charge in [0.15, 0.2) is 0 Å². The third-order valence-electron chi connectivity index (χ3n) is 8.91. The van der Waals surface area contributed by atoms with Crippen LogP contribution in [0, 0.1) is 18.3 Å². The SMILES string of the molecule is Cc1cc2[nH]ncc2c(C2Cc3nc(OC[C@@H]4CCCN4C)nc(N4CCN(C(=O)C(F)(F)F)[C@@H](CC#N)C4)c3CN2)c1Cl. The Kier molecular flexibility index (Phi) is 8.29. The van der Waals surface area contributed by atoms with Crippen LogP contribution in [-0.2, 0) is 17.8 Å². The van der Waals surface area contributed by atoms with Crippen LogP contribution in [0.3, 0.4) is 0 Å². The lowest BCUT2D eigenvalue weighted by atomic mass is 9.92. The van der Waals surface area contributed by atoms with Gasteiger partial charge in [-0.05, 0) is 50.6 Å². The molecule has 1 unspecified atom stereocenters. The molecule has 3 aromatic rings. The van der Waals surface area contributed by atoms with Crippen molar-refractivity contribution in [2.24, 2.45) is 0 Å². The molecule has 2 saturated heterocycles. The number of H-pyrrole nitrogens is 1. The lowest BCUT2D eigenvalue weighted by Crippen LogP contribution is -2.58. The van der Waals surface area contributed by atoms with Crippen molar-refractivity contribution in [3.8, 4) is 12.1 Å². The number of alkyl halides is 3. The first-order valence-corrected chi connectivity index (χ1v) is 15.0. The van der Waals surface area contributed by atoms with Crippen molar-refractivity contribution in [1.82, 2.24) is 35.3 Å². The van der Waals surface area contributed by atoms with Gasteiger partial charge in [-0.25, -0.2) is 0 Å². The van der Waals surface area contributed by atoms with Crippen LogP contribution in [0.1, 0.15) is 47.7 Å². The predicted molar refractivity (Wildman–Crippen MR) is 156 cm³/mol. The number of benzene rings is 1. The Balaban J connectivity index is 1.34. The monoisotopic (exact) mass is 631 g/mol. The van der Waals surface area contributed by atoms with E-state index in [1.54, 1.807) is 6.20 Å². The predicted octanol–water partition coefficient (Wildman–Crippen LogP) is 3.67. The molecule has 11 nitrogen and oxygen atoms in total. The van der Waals surface area contributed by atoms with Crippen molar-refractivity contribution in [2.75, 3.05) is 44.7 Å². The molecule has 0 spiro atoms. The number of piperazine rings is 1. The number of nitrogens with one attached hydrogen (secondary N) is 2. The van der Waals surface area contributed by atoms with Gasteiger partial charge in [-0.3, -0.25) is 9.89 Å². The first-order chi connectivity index (χ1) is 21.0. The van der Waals surface area contributed by atoms with Crippen molar-refractivity contribution in [2.45, 2.75) is 63.5 Å². The fraction of sp³-hybridized carbons (Fsp3) is 0.552. The Morgan fingerprint density at radius 2 is 2.07 bits per heavy atom. The van der Waals surface area contributed by atoms with Gasteiger partial charge in [0.05, 0.1) is 35.9 Å². The number of amides is 1. The molecule has 15 heteroatoms. The highest BCUT2D eigenvalue weighted by Gasteiger charge is 2.46. The van der Waals surface area contributed by atoms with Gasteiger partial charge in [-0.1, -0.05) is 11.6 Å². The number of likely N-dealkylation sites (N-methyl/N-ethyl adjacent to an activating group) is 1. The van der Waals surface area contributed by atoms with E-state index in [2.05, 4.69) is 27.5 Å². The quantitative estimate of drug-likeness (QED) is 0.419.